The van der Waals surface area contributed by atoms with Crippen molar-refractivity contribution in [3.8, 4) is 0 Å². The van der Waals surface area contributed by atoms with Crippen LogP contribution in [0, 0.1) is 13.8 Å². The van der Waals surface area contributed by atoms with Crippen LogP contribution in [-0.4, -0.2) is 63.9 Å². The van der Waals surface area contributed by atoms with Gasteiger partial charge in [0.1, 0.15) is 22.3 Å². The fourth-order valence-corrected chi connectivity index (χ4v) is 5.62. The third-order valence-electron chi connectivity index (χ3n) is 6.78. The number of anilines is 4. The van der Waals surface area contributed by atoms with Crippen LogP contribution < -0.4 is 21.3 Å². The number of hydrogen-bond donors (Lipinski definition) is 3. The standard InChI is InChI=1S/C29H31ClN8O2S/c1-18-7-6-10-21(30)26(18)36-27(39)23-17-32-29(41-23)35-24-16-25(34-19(2)33-24)37-11-13-38(14-12-37)28(40)22(31)15-20-8-4-3-5-9-20/h3-10,16-17,22H,11-15,31H2,1-2H3,(H,36,39)(H,32,33,34,35)/t22-/m0/s1. The van der Waals surface area contributed by atoms with Gasteiger partial charge in [0.15, 0.2) is 5.13 Å². The molecule has 4 aromatic rings. The molecule has 41 heavy (non-hydrogen) atoms. The number of carbonyl (C=O) groups is 2. The molecule has 2 amide bonds. The second-order valence-electron chi connectivity index (χ2n) is 9.81. The van der Waals surface area contributed by atoms with Crippen LogP contribution in [0.15, 0.2) is 60.8 Å². The largest absolute Gasteiger partial charge is 0.353 e. The normalized spacial score (nSPS) is 14.0. The number of rotatable bonds is 8. The zero-order chi connectivity index (χ0) is 28.9. The van der Waals surface area contributed by atoms with E-state index >= 15 is 0 Å². The topological polar surface area (TPSA) is 129 Å². The van der Waals surface area contributed by atoms with Gasteiger partial charge in [0.2, 0.25) is 5.91 Å². The molecule has 2 aromatic carbocycles. The molecule has 2 aromatic heterocycles. The van der Waals surface area contributed by atoms with Crippen LogP contribution in [0.25, 0.3) is 0 Å². The number of aromatic nitrogens is 3. The molecular weight excluding hydrogens is 560 g/mol. The first-order chi connectivity index (χ1) is 19.8. The minimum Gasteiger partial charge on any atom is -0.353 e. The summed E-state index contributed by atoms with van der Waals surface area (Å²) in [5.74, 6) is 1.59. The molecule has 1 aliphatic heterocycles. The fraction of sp³-hybridized carbons (Fsp3) is 0.276. The lowest BCUT2D eigenvalue weighted by atomic mass is 10.1. The highest BCUT2D eigenvalue weighted by molar-refractivity contribution is 7.17. The third kappa shape index (κ3) is 6.99. The molecule has 0 spiro atoms. The predicted octanol–water partition coefficient (Wildman–Crippen LogP) is 4.42. The van der Waals surface area contributed by atoms with Gasteiger partial charge in [-0.1, -0.05) is 65.4 Å². The molecule has 0 unspecified atom stereocenters. The van der Waals surface area contributed by atoms with Gasteiger partial charge in [-0.25, -0.2) is 15.0 Å². The van der Waals surface area contributed by atoms with Crippen LogP contribution >= 0.6 is 22.9 Å². The molecule has 3 heterocycles. The van der Waals surface area contributed by atoms with E-state index in [2.05, 4.69) is 30.5 Å². The van der Waals surface area contributed by atoms with Gasteiger partial charge in [-0.2, -0.15) is 0 Å². The van der Waals surface area contributed by atoms with Gasteiger partial charge in [0.25, 0.3) is 5.91 Å². The molecular formula is C29H31ClN8O2S. The van der Waals surface area contributed by atoms with Gasteiger partial charge in [0.05, 0.1) is 22.9 Å². The van der Waals surface area contributed by atoms with Crippen molar-refractivity contribution >= 4 is 57.2 Å². The van der Waals surface area contributed by atoms with Crippen molar-refractivity contribution in [1.82, 2.24) is 19.9 Å². The number of nitrogens with one attached hydrogen (secondary N) is 2. The summed E-state index contributed by atoms with van der Waals surface area (Å²) in [4.78, 5) is 43.6. The number of carbonyl (C=O) groups excluding carboxylic acids is 2. The van der Waals surface area contributed by atoms with Crippen molar-refractivity contribution in [3.05, 3.63) is 87.6 Å². The summed E-state index contributed by atoms with van der Waals surface area (Å²) in [5, 5.41) is 7.06. The van der Waals surface area contributed by atoms with Crippen molar-refractivity contribution in [2.75, 3.05) is 41.7 Å². The fourth-order valence-electron chi connectivity index (χ4n) is 4.64. The number of thiazole rings is 1. The van der Waals surface area contributed by atoms with Crippen LogP contribution in [0.3, 0.4) is 0 Å². The van der Waals surface area contributed by atoms with E-state index in [0.717, 1.165) is 16.9 Å². The Morgan fingerprint density at radius 2 is 1.80 bits per heavy atom. The Kier molecular flexibility index (Phi) is 8.77. The highest BCUT2D eigenvalue weighted by Crippen LogP contribution is 2.28. The Morgan fingerprint density at radius 1 is 1.05 bits per heavy atom. The van der Waals surface area contributed by atoms with E-state index in [1.54, 1.807) is 6.07 Å². The maximum Gasteiger partial charge on any atom is 0.267 e. The van der Waals surface area contributed by atoms with Crippen LogP contribution in [0.2, 0.25) is 5.02 Å². The molecule has 1 fully saturated rings. The minimum atomic E-state index is -0.569. The molecule has 1 saturated heterocycles. The highest BCUT2D eigenvalue weighted by Gasteiger charge is 2.26. The van der Waals surface area contributed by atoms with E-state index in [0.29, 0.717) is 65.0 Å². The van der Waals surface area contributed by atoms with E-state index < -0.39 is 6.04 Å². The maximum atomic E-state index is 12.9. The second-order valence-corrected chi connectivity index (χ2v) is 11.2. The lowest BCUT2D eigenvalue weighted by Gasteiger charge is -2.36. The lowest BCUT2D eigenvalue weighted by Crippen LogP contribution is -2.53. The van der Waals surface area contributed by atoms with Crippen molar-refractivity contribution in [2.24, 2.45) is 5.73 Å². The number of nitrogens with two attached hydrogens (primary N) is 1. The molecule has 1 aliphatic rings. The second kappa shape index (κ2) is 12.6. The first-order valence-corrected chi connectivity index (χ1v) is 14.4. The minimum absolute atomic E-state index is 0.0389. The summed E-state index contributed by atoms with van der Waals surface area (Å²) in [6, 6.07) is 16.5. The average Bonchev–Trinajstić information content (AvgIpc) is 3.43. The van der Waals surface area contributed by atoms with Gasteiger partial charge in [0, 0.05) is 32.2 Å². The van der Waals surface area contributed by atoms with E-state index in [1.807, 2.05) is 67.3 Å². The molecule has 12 heteroatoms. The number of aryl methyl sites for hydroxylation is 2. The first kappa shape index (κ1) is 28.5. The van der Waals surface area contributed by atoms with Gasteiger partial charge in [-0.3, -0.25) is 9.59 Å². The third-order valence-corrected chi connectivity index (χ3v) is 8.01. The monoisotopic (exact) mass is 590 g/mol. The molecule has 5 rings (SSSR count). The Labute approximate surface area is 247 Å². The van der Waals surface area contributed by atoms with E-state index in [-0.39, 0.29) is 11.8 Å². The van der Waals surface area contributed by atoms with Crippen molar-refractivity contribution < 1.29 is 9.59 Å². The average molecular weight is 591 g/mol. The van der Waals surface area contributed by atoms with Crippen molar-refractivity contribution in [1.29, 1.82) is 0 Å². The van der Waals surface area contributed by atoms with Crippen molar-refractivity contribution in [3.63, 3.8) is 0 Å². The Balaban J connectivity index is 1.19. The molecule has 0 bridgehead atoms. The van der Waals surface area contributed by atoms with Gasteiger partial charge < -0.3 is 26.2 Å². The van der Waals surface area contributed by atoms with Crippen LogP contribution in [0.4, 0.5) is 22.5 Å². The zero-order valence-electron chi connectivity index (χ0n) is 22.8. The summed E-state index contributed by atoms with van der Waals surface area (Å²) in [5.41, 5.74) is 8.74. The SMILES string of the molecule is Cc1nc(Nc2ncc(C(=O)Nc3c(C)cccc3Cl)s2)cc(N2CCN(C(=O)[C@@H](N)Cc3ccccc3)CC2)n1. The quantitative estimate of drug-likeness (QED) is 0.275. The van der Waals surface area contributed by atoms with E-state index in [1.165, 1.54) is 17.5 Å². The summed E-state index contributed by atoms with van der Waals surface area (Å²) in [7, 11) is 0. The Hall–Kier alpha value is -4.06. The van der Waals surface area contributed by atoms with Crippen LogP contribution in [-0.2, 0) is 11.2 Å². The smallest absolute Gasteiger partial charge is 0.267 e. The number of hydrogen-bond acceptors (Lipinski definition) is 9. The summed E-state index contributed by atoms with van der Waals surface area (Å²) in [6.07, 6.45) is 2.03. The highest BCUT2D eigenvalue weighted by atomic mass is 35.5. The summed E-state index contributed by atoms with van der Waals surface area (Å²) in [6.45, 7) is 6.08. The van der Waals surface area contributed by atoms with Crippen LogP contribution in [0.5, 0.6) is 0 Å². The molecule has 212 valence electrons. The number of piperazine rings is 1. The van der Waals surface area contributed by atoms with Crippen molar-refractivity contribution in [2.45, 2.75) is 26.3 Å². The molecule has 0 aliphatic carbocycles. The number of para-hydroxylation sites is 1. The summed E-state index contributed by atoms with van der Waals surface area (Å²) < 4.78 is 0. The Morgan fingerprint density at radius 3 is 2.54 bits per heavy atom. The van der Waals surface area contributed by atoms with Gasteiger partial charge in [-0.15, -0.1) is 0 Å². The van der Waals surface area contributed by atoms with E-state index in [9.17, 15) is 9.59 Å². The zero-order valence-corrected chi connectivity index (χ0v) is 24.4. The molecule has 10 nitrogen and oxygen atoms in total. The predicted molar refractivity (Wildman–Crippen MR) is 163 cm³/mol. The lowest BCUT2D eigenvalue weighted by molar-refractivity contribution is -0.132. The van der Waals surface area contributed by atoms with Crippen LogP contribution in [0.1, 0.15) is 26.6 Å². The molecule has 4 N–H and O–H groups in total. The number of amides is 2. The number of nitrogens with zero attached hydrogens (tertiary/aromatic N) is 5. The molecule has 0 saturated carbocycles. The summed E-state index contributed by atoms with van der Waals surface area (Å²) >= 11 is 7.47. The van der Waals surface area contributed by atoms with E-state index in [4.69, 9.17) is 17.3 Å². The number of halogens is 1. The first-order valence-electron chi connectivity index (χ1n) is 13.2. The van der Waals surface area contributed by atoms with Gasteiger partial charge in [-0.05, 0) is 37.5 Å². The number of benzene rings is 2. The molecule has 0 radical (unpaired) electrons. The maximum absolute atomic E-state index is 12.9. The molecule has 1 atom stereocenters. The Bertz CT molecular complexity index is 1520. The van der Waals surface area contributed by atoms with Gasteiger partial charge >= 0.3 is 0 Å².